The van der Waals surface area contributed by atoms with Gasteiger partial charge >= 0.3 is 0 Å². The molecule has 5 nitrogen and oxygen atoms in total. The van der Waals surface area contributed by atoms with Gasteiger partial charge in [-0.1, -0.05) is 6.42 Å². The van der Waals surface area contributed by atoms with Crippen LogP contribution in [0.5, 0.6) is 0 Å². The van der Waals surface area contributed by atoms with Gasteiger partial charge in [-0.2, -0.15) is 0 Å². The first-order chi connectivity index (χ1) is 12.7. The number of nitrogens with one attached hydrogen (secondary N) is 1. The summed E-state index contributed by atoms with van der Waals surface area (Å²) in [5.74, 6) is -0.219. The van der Waals surface area contributed by atoms with E-state index in [0.29, 0.717) is 25.6 Å². The summed E-state index contributed by atoms with van der Waals surface area (Å²) < 4.78 is 13.1. The van der Waals surface area contributed by atoms with Gasteiger partial charge in [0.05, 0.1) is 5.69 Å². The number of nitrogens with two attached hydrogens (primary N) is 1. The number of thiazole rings is 1. The predicted octanol–water partition coefficient (Wildman–Crippen LogP) is 3.19. The number of rotatable bonds is 7. The van der Waals surface area contributed by atoms with Crippen LogP contribution in [0.1, 0.15) is 31.4 Å². The third-order valence-corrected chi connectivity index (χ3v) is 5.60. The molecule has 1 unspecified atom stereocenters. The van der Waals surface area contributed by atoms with Gasteiger partial charge in [0, 0.05) is 43.0 Å². The summed E-state index contributed by atoms with van der Waals surface area (Å²) in [6, 6.07) is 6.77. The first kappa shape index (κ1) is 21.8. The molecule has 1 aliphatic heterocycles. The van der Waals surface area contributed by atoms with Crippen LogP contribution in [0.15, 0.2) is 29.6 Å². The molecule has 8 heteroatoms. The molecule has 3 N–H and O–H groups in total. The maximum Gasteiger partial charge on any atom is 0.221 e. The summed E-state index contributed by atoms with van der Waals surface area (Å²) >= 11 is 1.58. The Balaban J connectivity index is 0.00000261. The van der Waals surface area contributed by atoms with Crippen LogP contribution in [0, 0.1) is 5.82 Å². The van der Waals surface area contributed by atoms with Crippen molar-refractivity contribution in [3.05, 3.63) is 41.2 Å². The summed E-state index contributed by atoms with van der Waals surface area (Å²) in [7, 11) is 0. The Labute approximate surface area is 169 Å². The molecule has 0 bridgehead atoms. The number of halogens is 2. The number of carbonyl (C=O) groups is 1. The van der Waals surface area contributed by atoms with E-state index in [4.69, 9.17) is 10.7 Å². The van der Waals surface area contributed by atoms with Gasteiger partial charge in [-0.15, -0.1) is 23.7 Å². The van der Waals surface area contributed by atoms with E-state index < -0.39 is 0 Å². The second kappa shape index (κ2) is 10.7. The predicted molar refractivity (Wildman–Crippen MR) is 109 cm³/mol. The number of piperidine rings is 1. The second-order valence-electron chi connectivity index (χ2n) is 6.61. The Morgan fingerprint density at radius 2 is 2.11 bits per heavy atom. The molecule has 1 aromatic carbocycles. The lowest BCUT2D eigenvalue weighted by molar-refractivity contribution is -0.121. The van der Waals surface area contributed by atoms with Crippen molar-refractivity contribution in [1.29, 1.82) is 0 Å². The third kappa shape index (κ3) is 6.24. The molecule has 0 radical (unpaired) electrons. The molecular formula is C19H26ClFN4OS. The van der Waals surface area contributed by atoms with Crippen LogP contribution in [-0.4, -0.2) is 41.5 Å². The highest BCUT2D eigenvalue weighted by Crippen LogP contribution is 2.26. The van der Waals surface area contributed by atoms with E-state index in [0.717, 1.165) is 35.8 Å². The van der Waals surface area contributed by atoms with Gasteiger partial charge in [0.15, 0.2) is 0 Å². The van der Waals surface area contributed by atoms with Crippen molar-refractivity contribution < 1.29 is 9.18 Å². The lowest BCUT2D eigenvalue weighted by atomic mass is 10.0. The molecule has 0 aliphatic carbocycles. The fraction of sp³-hybridized carbons (Fsp3) is 0.474. The molecule has 1 amide bonds. The molecule has 1 atom stereocenters. The van der Waals surface area contributed by atoms with Crippen LogP contribution in [0.25, 0.3) is 10.6 Å². The molecule has 1 aliphatic rings. The third-order valence-electron chi connectivity index (χ3n) is 4.66. The van der Waals surface area contributed by atoms with Crippen LogP contribution in [-0.2, 0) is 11.3 Å². The second-order valence-corrected chi connectivity index (χ2v) is 7.47. The normalized spacial score (nSPS) is 17.3. The number of nitrogens with zero attached hydrogens (tertiary/aromatic N) is 2. The molecule has 27 heavy (non-hydrogen) atoms. The van der Waals surface area contributed by atoms with Gasteiger partial charge in [-0.05, 0) is 43.7 Å². The van der Waals surface area contributed by atoms with E-state index in [-0.39, 0.29) is 24.1 Å². The van der Waals surface area contributed by atoms with E-state index in [1.807, 2.05) is 0 Å². The number of amides is 1. The van der Waals surface area contributed by atoms with Gasteiger partial charge in [0.1, 0.15) is 10.8 Å². The van der Waals surface area contributed by atoms with Crippen molar-refractivity contribution >= 4 is 29.7 Å². The van der Waals surface area contributed by atoms with E-state index in [9.17, 15) is 9.18 Å². The fourth-order valence-electron chi connectivity index (χ4n) is 3.26. The zero-order valence-electron chi connectivity index (χ0n) is 15.2. The first-order valence-electron chi connectivity index (χ1n) is 9.07. The number of likely N-dealkylation sites (tertiary alicyclic amines) is 1. The average Bonchev–Trinajstić information content (AvgIpc) is 3.10. The van der Waals surface area contributed by atoms with E-state index in [1.165, 1.54) is 25.0 Å². The first-order valence-corrected chi connectivity index (χ1v) is 9.95. The molecule has 1 aromatic heterocycles. The summed E-state index contributed by atoms with van der Waals surface area (Å²) in [5.41, 5.74) is 7.39. The molecule has 3 rings (SSSR count). The standard InChI is InChI=1S/C19H25FN4OS.ClH/c20-15-6-4-14(5-7-15)19-23-16(13-26-19)12-24-10-2-1-3-17(24)11-22-18(25)8-9-21;/h4-7,13,17H,1-3,8-12,21H2,(H,22,25);1H. The Hall–Kier alpha value is -1.54. The van der Waals surface area contributed by atoms with E-state index in [2.05, 4.69) is 15.6 Å². The Morgan fingerprint density at radius 1 is 1.33 bits per heavy atom. The van der Waals surface area contributed by atoms with Crippen molar-refractivity contribution in [1.82, 2.24) is 15.2 Å². The Bertz CT molecular complexity index is 725. The monoisotopic (exact) mass is 412 g/mol. The molecule has 1 fully saturated rings. The number of hydrogen-bond donors (Lipinski definition) is 2. The highest BCUT2D eigenvalue weighted by molar-refractivity contribution is 7.13. The van der Waals surface area contributed by atoms with Crippen molar-refractivity contribution in [2.24, 2.45) is 5.73 Å². The van der Waals surface area contributed by atoms with Crippen molar-refractivity contribution in [2.75, 3.05) is 19.6 Å². The van der Waals surface area contributed by atoms with E-state index in [1.54, 1.807) is 23.5 Å². The summed E-state index contributed by atoms with van der Waals surface area (Å²) in [4.78, 5) is 18.8. The quantitative estimate of drug-likeness (QED) is 0.732. The topological polar surface area (TPSA) is 71.2 Å². The van der Waals surface area contributed by atoms with Crippen LogP contribution < -0.4 is 11.1 Å². The Morgan fingerprint density at radius 3 is 2.85 bits per heavy atom. The summed E-state index contributed by atoms with van der Waals surface area (Å²) in [6.07, 6.45) is 3.81. The fourth-order valence-corrected chi connectivity index (χ4v) is 4.08. The smallest absolute Gasteiger partial charge is 0.221 e. The Kier molecular flexibility index (Phi) is 8.63. The van der Waals surface area contributed by atoms with Crippen LogP contribution in [0.3, 0.4) is 0 Å². The molecule has 148 valence electrons. The number of benzene rings is 1. The lowest BCUT2D eigenvalue weighted by Gasteiger charge is -2.35. The summed E-state index contributed by atoms with van der Waals surface area (Å²) in [5, 5.41) is 5.97. The minimum absolute atomic E-state index is 0. The zero-order valence-corrected chi connectivity index (χ0v) is 16.8. The highest BCUT2D eigenvalue weighted by atomic mass is 35.5. The van der Waals surface area contributed by atoms with Gasteiger partial charge in [0.2, 0.25) is 5.91 Å². The lowest BCUT2D eigenvalue weighted by Crippen LogP contribution is -2.46. The zero-order chi connectivity index (χ0) is 18.4. The minimum atomic E-state index is -0.238. The number of aromatic nitrogens is 1. The van der Waals surface area contributed by atoms with Crippen LogP contribution >= 0.6 is 23.7 Å². The average molecular weight is 413 g/mol. The molecular weight excluding hydrogens is 387 g/mol. The van der Waals surface area contributed by atoms with Crippen LogP contribution in [0.4, 0.5) is 4.39 Å². The number of carbonyl (C=O) groups excluding carboxylic acids is 1. The maximum absolute atomic E-state index is 13.1. The summed E-state index contributed by atoms with van der Waals surface area (Å²) in [6.45, 7) is 2.83. The molecule has 2 aromatic rings. The highest BCUT2D eigenvalue weighted by Gasteiger charge is 2.23. The van der Waals surface area contributed by atoms with Gasteiger partial charge in [-0.3, -0.25) is 9.69 Å². The SMILES string of the molecule is Cl.NCCC(=O)NCC1CCCCN1Cc1csc(-c2ccc(F)cc2)n1. The van der Waals surface area contributed by atoms with Crippen molar-refractivity contribution in [2.45, 2.75) is 38.3 Å². The van der Waals surface area contributed by atoms with Crippen LogP contribution in [0.2, 0.25) is 0 Å². The minimum Gasteiger partial charge on any atom is -0.354 e. The molecule has 0 spiro atoms. The maximum atomic E-state index is 13.1. The van der Waals surface area contributed by atoms with Gasteiger partial charge in [-0.25, -0.2) is 9.37 Å². The number of hydrogen-bond acceptors (Lipinski definition) is 5. The van der Waals surface area contributed by atoms with Crippen molar-refractivity contribution in [3.8, 4) is 10.6 Å². The molecule has 1 saturated heterocycles. The van der Waals surface area contributed by atoms with E-state index >= 15 is 0 Å². The largest absolute Gasteiger partial charge is 0.354 e. The molecule has 2 heterocycles. The van der Waals surface area contributed by atoms with Gasteiger partial charge < -0.3 is 11.1 Å². The molecule has 0 saturated carbocycles. The van der Waals surface area contributed by atoms with Gasteiger partial charge in [0.25, 0.3) is 0 Å². The van der Waals surface area contributed by atoms with Crippen molar-refractivity contribution in [3.63, 3.8) is 0 Å².